The van der Waals surface area contributed by atoms with E-state index in [2.05, 4.69) is 11.9 Å². The summed E-state index contributed by atoms with van der Waals surface area (Å²) >= 11 is 0. The molecule has 0 aliphatic heterocycles. The number of aliphatic hydroxyl groups excluding tert-OH is 1. The molecule has 0 aromatic heterocycles. The van der Waals surface area contributed by atoms with Crippen molar-refractivity contribution in [3.63, 3.8) is 0 Å². The Bertz CT molecular complexity index is 72.9. The summed E-state index contributed by atoms with van der Waals surface area (Å²) < 4.78 is 0. The van der Waals surface area contributed by atoms with Crippen LogP contribution >= 0.6 is 0 Å². The molecule has 0 radical (unpaired) electrons. The van der Waals surface area contributed by atoms with Gasteiger partial charge in [-0.1, -0.05) is 6.08 Å². The summed E-state index contributed by atoms with van der Waals surface area (Å²) in [6, 6.07) is 0.104. The third-order valence-electron chi connectivity index (χ3n) is 1.21. The summed E-state index contributed by atoms with van der Waals surface area (Å²) in [5.41, 5.74) is 0. The molecule has 0 fully saturated rings. The molecule has 8 heavy (non-hydrogen) atoms. The minimum atomic E-state index is -0.431. The molecular weight excluding hydrogens is 102 g/mol. The molecule has 0 aliphatic carbocycles. The van der Waals surface area contributed by atoms with Gasteiger partial charge in [-0.2, -0.15) is 0 Å². The predicted octanol–water partition coefficient (Wildman–Crippen LogP) is 0.141. The van der Waals surface area contributed by atoms with Crippen LogP contribution in [0.5, 0.6) is 0 Å². The molecule has 0 saturated carbocycles. The van der Waals surface area contributed by atoms with Gasteiger partial charge in [0.25, 0.3) is 0 Å². The highest BCUT2D eigenvalue weighted by molar-refractivity contribution is 4.85. The van der Waals surface area contributed by atoms with E-state index < -0.39 is 6.10 Å². The molecule has 0 aromatic carbocycles. The molecule has 0 aliphatic rings. The van der Waals surface area contributed by atoms with Gasteiger partial charge in [-0.3, -0.25) is 0 Å². The molecule has 0 bridgehead atoms. The molecule has 0 saturated heterocycles. The van der Waals surface area contributed by atoms with Crippen molar-refractivity contribution in [3.8, 4) is 0 Å². The van der Waals surface area contributed by atoms with Crippen molar-refractivity contribution in [2.75, 3.05) is 7.05 Å². The van der Waals surface area contributed by atoms with E-state index in [1.165, 1.54) is 6.08 Å². The molecule has 48 valence electrons. The van der Waals surface area contributed by atoms with Crippen LogP contribution in [0.1, 0.15) is 6.92 Å². The third kappa shape index (κ3) is 2.09. The van der Waals surface area contributed by atoms with Crippen LogP contribution in [0.25, 0.3) is 0 Å². The normalized spacial score (nSPS) is 17.4. The van der Waals surface area contributed by atoms with Crippen LogP contribution in [-0.4, -0.2) is 24.3 Å². The second kappa shape index (κ2) is 3.64. The summed E-state index contributed by atoms with van der Waals surface area (Å²) in [4.78, 5) is 0. The van der Waals surface area contributed by atoms with Gasteiger partial charge in [-0.15, -0.1) is 6.58 Å². The van der Waals surface area contributed by atoms with Crippen molar-refractivity contribution in [2.45, 2.75) is 19.1 Å². The van der Waals surface area contributed by atoms with E-state index in [9.17, 15) is 0 Å². The number of hydrogen-bond acceptors (Lipinski definition) is 2. The maximum absolute atomic E-state index is 8.95. The second-order valence-electron chi connectivity index (χ2n) is 1.80. The zero-order chi connectivity index (χ0) is 6.57. The van der Waals surface area contributed by atoms with Gasteiger partial charge in [0.1, 0.15) is 0 Å². The Morgan fingerprint density at radius 2 is 2.25 bits per heavy atom. The Hall–Kier alpha value is -0.340. The first-order valence-corrected chi connectivity index (χ1v) is 2.70. The molecule has 0 heterocycles. The quantitative estimate of drug-likeness (QED) is 0.513. The average molecular weight is 115 g/mol. The monoisotopic (exact) mass is 115 g/mol. The van der Waals surface area contributed by atoms with Crippen molar-refractivity contribution >= 4 is 0 Å². The Morgan fingerprint density at radius 1 is 1.75 bits per heavy atom. The van der Waals surface area contributed by atoms with Crippen molar-refractivity contribution in [2.24, 2.45) is 0 Å². The predicted molar refractivity (Wildman–Crippen MR) is 34.7 cm³/mol. The molecule has 0 spiro atoms. The minimum Gasteiger partial charge on any atom is -0.387 e. The topological polar surface area (TPSA) is 32.3 Å². The van der Waals surface area contributed by atoms with Crippen molar-refractivity contribution < 1.29 is 5.11 Å². The number of likely N-dealkylation sites (N-methyl/N-ethyl adjacent to an activating group) is 1. The summed E-state index contributed by atoms with van der Waals surface area (Å²) in [7, 11) is 1.80. The van der Waals surface area contributed by atoms with Crippen molar-refractivity contribution in [1.82, 2.24) is 5.32 Å². The highest BCUT2D eigenvalue weighted by Gasteiger charge is 2.04. The Labute approximate surface area is 50.2 Å². The second-order valence-corrected chi connectivity index (χ2v) is 1.80. The highest BCUT2D eigenvalue weighted by Crippen LogP contribution is 1.90. The lowest BCUT2D eigenvalue weighted by Gasteiger charge is -2.12. The zero-order valence-electron chi connectivity index (χ0n) is 5.39. The Kier molecular flexibility index (Phi) is 3.48. The van der Waals surface area contributed by atoms with Crippen LogP contribution in [0, 0.1) is 0 Å². The minimum absolute atomic E-state index is 0.104. The molecule has 0 unspecified atom stereocenters. The first-order chi connectivity index (χ1) is 3.72. The maximum atomic E-state index is 8.95. The lowest BCUT2D eigenvalue weighted by atomic mass is 10.2. The van der Waals surface area contributed by atoms with Crippen LogP contribution in [0.2, 0.25) is 0 Å². The van der Waals surface area contributed by atoms with Gasteiger partial charge >= 0.3 is 0 Å². The zero-order valence-corrected chi connectivity index (χ0v) is 5.39. The molecule has 2 atom stereocenters. The molecule has 0 aromatic rings. The largest absolute Gasteiger partial charge is 0.387 e. The highest BCUT2D eigenvalue weighted by atomic mass is 16.3. The summed E-state index contributed by atoms with van der Waals surface area (Å²) in [5, 5.41) is 11.8. The smallest absolute Gasteiger partial charge is 0.0868 e. The standard InChI is InChI=1S/C6H13NO/c1-4-6(8)5(2)7-3/h4-8H,1H2,2-3H3/t5-,6-/m0/s1. The summed E-state index contributed by atoms with van der Waals surface area (Å²) in [6.45, 7) is 5.33. The van der Waals surface area contributed by atoms with E-state index in [1.807, 2.05) is 6.92 Å². The third-order valence-corrected chi connectivity index (χ3v) is 1.21. The van der Waals surface area contributed by atoms with Gasteiger partial charge in [0.15, 0.2) is 0 Å². The number of rotatable bonds is 3. The van der Waals surface area contributed by atoms with E-state index in [0.29, 0.717) is 0 Å². The summed E-state index contributed by atoms with van der Waals surface area (Å²) in [5.74, 6) is 0. The first kappa shape index (κ1) is 7.66. The van der Waals surface area contributed by atoms with E-state index in [1.54, 1.807) is 7.05 Å². The lowest BCUT2D eigenvalue weighted by molar-refractivity contribution is 0.184. The van der Waals surface area contributed by atoms with E-state index >= 15 is 0 Å². The number of aliphatic hydroxyl groups is 1. The fourth-order valence-corrected chi connectivity index (χ4v) is 0.375. The summed E-state index contributed by atoms with van der Waals surface area (Å²) in [6.07, 6.45) is 1.08. The fraction of sp³-hybridized carbons (Fsp3) is 0.667. The van der Waals surface area contributed by atoms with Crippen LogP contribution in [0.4, 0.5) is 0 Å². The maximum Gasteiger partial charge on any atom is 0.0868 e. The fourth-order valence-electron chi connectivity index (χ4n) is 0.375. The molecule has 0 amide bonds. The Balaban J connectivity index is 3.44. The number of nitrogens with one attached hydrogen (secondary N) is 1. The average Bonchev–Trinajstić information content (AvgIpc) is 1.84. The van der Waals surface area contributed by atoms with Gasteiger partial charge in [-0.25, -0.2) is 0 Å². The molecule has 2 N–H and O–H groups in total. The van der Waals surface area contributed by atoms with E-state index in [4.69, 9.17) is 5.11 Å². The Morgan fingerprint density at radius 3 is 2.38 bits per heavy atom. The van der Waals surface area contributed by atoms with Gasteiger partial charge in [0.2, 0.25) is 0 Å². The molecule has 0 rings (SSSR count). The van der Waals surface area contributed by atoms with Crippen molar-refractivity contribution in [3.05, 3.63) is 12.7 Å². The van der Waals surface area contributed by atoms with Gasteiger partial charge in [-0.05, 0) is 14.0 Å². The van der Waals surface area contributed by atoms with Gasteiger partial charge in [0, 0.05) is 6.04 Å². The molecule has 2 nitrogen and oxygen atoms in total. The molecular formula is C6H13NO. The number of hydrogen-bond donors (Lipinski definition) is 2. The van der Waals surface area contributed by atoms with E-state index in [0.717, 1.165) is 0 Å². The van der Waals surface area contributed by atoms with Gasteiger partial charge in [0.05, 0.1) is 6.10 Å². The van der Waals surface area contributed by atoms with Crippen molar-refractivity contribution in [1.29, 1.82) is 0 Å². The van der Waals surface area contributed by atoms with E-state index in [-0.39, 0.29) is 6.04 Å². The van der Waals surface area contributed by atoms with Crippen LogP contribution in [0.3, 0.4) is 0 Å². The SMILES string of the molecule is C=C[C@H](O)[C@H](C)NC. The molecule has 2 heteroatoms. The van der Waals surface area contributed by atoms with Crippen LogP contribution in [0.15, 0.2) is 12.7 Å². The first-order valence-electron chi connectivity index (χ1n) is 2.70. The lowest BCUT2D eigenvalue weighted by Crippen LogP contribution is -2.32. The van der Waals surface area contributed by atoms with Crippen LogP contribution < -0.4 is 5.32 Å². The van der Waals surface area contributed by atoms with Crippen LogP contribution in [-0.2, 0) is 0 Å². The van der Waals surface area contributed by atoms with Gasteiger partial charge < -0.3 is 10.4 Å².